The van der Waals surface area contributed by atoms with Crippen LogP contribution in [0.1, 0.15) is 19.8 Å². The zero-order valence-corrected chi connectivity index (χ0v) is 17.5. The Labute approximate surface area is 175 Å². The van der Waals surface area contributed by atoms with E-state index in [0.717, 1.165) is 12.8 Å². The predicted octanol–water partition coefficient (Wildman–Crippen LogP) is 2.65. The number of rotatable bonds is 6. The number of nitrogens with zero attached hydrogens (tertiary/aromatic N) is 1. The summed E-state index contributed by atoms with van der Waals surface area (Å²) < 4.78 is 44.5. The van der Waals surface area contributed by atoms with Crippen LogP contribution in [0.2, 0.25) is 0 Å². The number of hydrogen-bond donors (Lipinski definition) is 1. The first-order valence-corrected chi connectivity index (χ1v) is 11.4. The van der Waals surface area contributed by atoms with Crippen LogP contribution in [0.3, 0.4) is 0 Å². The minimum atomic E-state index is -3.71. The normalized spacial score (nSPS) is 18.8. The first-order valence-electron chi connectivity index (χ1n) is 9.95. The lowest BCUT2D eigenvalue weighted by molar-refractivity contribution is -0.125. The summed E-state index contributed by atoms with van der Waals surface area (Å²) in [5, 5.41) is 2.73. The number of carbonyl (C=O) groups excluding carboxylic acids is 1. The molecule has 160 valence electrons. The number of benzene rings is 2. The Morgan fingerprint density at radius 1 is 1.17 bits per heavy atom. The first kappa shape index (κ1) is 20.5. The molecule has 1 atom stereocenters. The smallest absolute Gasteiger partial charge is 0.269 e. The Morgan fingerprint density at radius 3 is 2.63 bits per heavy atom. The van der Waals surface area contributed by atoms with E-state index in [9.17, 15) is 13.2 Å². The minimum Gasteiger partial charge on any atom is -0.492 e. The molecule has 9 heteroatoms. The average molecular weight is 432 g/mol. The Kier molecular flexibility index (Phi) is 5.83. The molecule has 2 aromatic rings. The number of fused-ring (bicyclic) bond motifs is 1. The van der Waals surface area contributed by atoms with Crippen LogP contribution in [0, 0.1) is 0 Å². The third-order valence-electron chi connectivity index (χ3n) is 4.99. The van der Waals surface area contributed by atoms with Crippen LogP contribution < -0.4 is 19.5 Å². The maximum atomic E-state index is 13.1. The highest BCUT2D eigenvalue weighted by Gasteiger charge is 2.31. The van der Waals surface area contributed by atoms with Gasteiger partial charge in [-0.1, -0.05) is 12.1 Å². The summed E-state index contributed by atoms with van der Waals surface area (Å²) in [5.74, 6) is 0.932. The summed E-state index contributed by atoms with van der Waals surface area (Å²) in [6.45, 7) is 3.16. The maximum Gasteiger partial charge on any atom is 0.269 e. The Morgan fingerprint density at radius 2 is 1.90 bits per heavy atom. The van der Waals surface area contributed by atoms with Crippen molar-refractivity contribution < 1.29 is 27.4 Å². The molecule has 2 aliphatic rings. The van der Waals surface area contributed by atoms with Gasteiger partial charge in [-0.3, -0.25) is 4.79 Å². The van der Waals surface area contributed by atoms with Gasteiger partial charge in [-0.25, -0.2) is 8.42 Å². The van der Waals surface area contributed by atoms with Crippen LogP contribution >= 0.6 is 0 Å². The van der Waals surface area contributed by atoms with Gasteiger partial charge < -0.3 is 19.5 Å². The average Bonchev–Trinajstić information content (AvgIpc) is 3.30. The molecule has 1 unspecified atom stereocenters. The summed E-state index contributed by atoms with van der Waals surface area (Å²) >= 11 is 0. The van der Waals surface area contributed by atoms with Crippen molar-refractivity contribution in [3.05, 3.63) is 42.5 Å². The Hall–Kier alpha value is -2.78. The molecule has 1 saturated heterocycles. The van der Waals surface area contributed by atoms with E-state index in [4.69, 9.17) is 14.2 Å². The molecule has 2 aliphatic heterocycles. The second kappa shape index (κ2) is 8.53. The number of ether oxygens (including phenoxy) is 3. The van der Waals surface area contributed by atoms with Crippen LogP contribution in [-0.2, 0) is 14.8 Å². The summed E-state index contributed by atoms with van der Waals surface area (Å²) in [6.07, 6.45) is 0.824. The van der Waals surface area contributed by atoms with Crippen molar-refractivity contribution in [1.82, 2.24) is 4.31 Å². The van der Waals surface area contributed by atoms with Gasteiger partial charge in [0.05, 0.1) is 6.61 Å². The highest BCUT2D eigenvalue weighted by atomic mass is 32.2. The fourth-order valence-electron chi connectivity index (χ4n) is 3.50. The van der Waals surface area contributed by atoms with Gasteiger partial charge in [0.25, 0.3) is 5.91 Å². The highest BCUT2D eigenvalue weighted by molar-refractivity contribution is 7.89. The molecule has 0 spiro atoms. The summed E-state index contributed by atoms with van der Waals surface area (Å²) in [6, 6.07) is 11.7. The molecular weight excluding hydrogens is 408 g/mol. The SMILES string of the molecule is CCOc1ccc(NC(=O)C2COc3ccccc3O2)cc1S(=O)(=O)N1CCCC1. The number of anilines is 1. The van der Waals surface area contributed by atoms with E-state index < -0.39 is 22.0 Å². The predicted molar refractivity (Wildman–Crippen MR) is 111 cm³/mol. The van der Waals surface area contributed by atoms with E-state index >= 15 is 0 Å². The zero-order chi connectivity index (χ0) is 21.1. The third-order valence-corrected chi connectivity index (χ3v) is 6.91. The molecule has 8 nitrogen and oxygen atoms in total. The van der Waals surface area contributed by atoms with Crippen LogP contribution in [-0.4, -0.2) is 51.0 Å². The van der Waals surface area contributed by atoms with Crippen LogP contribution in [0.25, 0.3) is 0 Å². The number of amides is 1. The van der Waals surface area contributed by atoms with E-state index in [0.29, 0.717) is 36.9 Å². The van der Waals surface area contributed by atoms with Gasteiger partial charge >= 0.3 is 0 Å². The van der Waals surface area contributed by atoms with E-state index in [1.807, 2.05) is 6.07 Å². The molecule has 30 heavy (non-hydrogen) atoms. The molecule has 0 saturated carbocycles. The van der Waals surface area contributed by atoms with Crippen LogP contribution in [0.15, 0.2) is 47.4 Å². The molecule has 0 radical (unpaired) electrons. The van der Waals surface area contributed by atoms with Gasteiger partial charge in [0.2, 0.25) is 16.1 Å². The van der Waals surface area contributed by atoms with E-state index in [1.54, 1.807) is 37.3 Å². The summed E-state index contributed by atoms with van der Waals surface area (Å²) in [4.78, 5) is 12.7. The lowest BCUT2D eigenvalue weighted by atomic mass is 10.2. The Bertz CT molecular complexity index is 1030. The molecule has 1 amide bonds. The second-order valence-electron chi connectivity index (χ2n) is 7.06. The van der Waals surface area contributed by atoms with Gasteiger partial charge in [-0.2, -0.15) is 4.31 Å². The minimum absolute atomic E-state index is 0.0511. The van der Waals surface area contributed by atoms with Gasteiger partial charge in [-0.05, 0) is 50.1 Å². The molecule has 1 fully saturated rings. The van der Waals surface area contributed by atoms with Crippen molar-refractivity contribution in [1.29, 1.82) is 0 Å². The number of hydrogen-bond acceptors (Lipinski definition) is 6. The van der Waals surface area contributed by atoms with E-state index in [-0.39, 0.29) is 17.3 Å². The monoisotopic (exact) mass is 432 g/mol. The van der Waals surface area contributed by atoms with Crippen LogP contribution in [0.4, 0.5) is 5.69 Å². The molecule has 0 aromatic heterocycles. The fourth-order valence-corrected chi connectivity index (χ4v) is 5.18. The summed E-state index contributed by atoms with van der Waals surface area (Å²) in [7, 11) is -3.71. The Balaban J connectivity index is 1.55. The van der Waals surface area contributed by atoms with Crippen molar-refractivity contribution >= 4 is 21.6 Å². The topological polar surface area (TPSA) is 94.2 Å². The van der Waals surface area contributed by atoms with Crippen molar-refractivity contribution in [3.8, 4) is 17.2 Å². The molecule has 0 bridgehead atoms. The van der Waals surface area contributed by atoms with Gasteiger partial charge in [-0.15, -0.1) is 0 Å². The number of carbonyl (C=O) groups is 1. The lowest BCUT2D eigenvalue weighted by Crippen LogP contribution is -2.40. The molecule has 0 aliphatic carbocycles. The van der Waals surface area contributed by atoms with E-state index in [2.05, 4.69) is 5.32 Å². The van der Waals surface area contributed by atoms with E-state index in [1.165, 1.54) is 10.4 Å². The second-order valence-corrected chi connectivity index (χ2v) is 8.97. The zero-order valence-electron chi connectivity index (χ0n) is 16.7. The number of para-hydroxylation sites is 2. The van der Waals surface area contributed by atoms with Crippen molar-refractivity contribution in [2.75, 3.05) is 31.6 Å². The summed E-state index contributed by atoms with van der Waals surface area (Å²) in [5.41, 5.74) is 0.351. The number of sulfonamides is 1. The van der Waals surface area contributed by atoms with Crippen molar-refractivity contribution in [2.24, 2.45) is 0 Å². The molecule has 4 rings (SSSR count). The lowest BCUT2D eigenvalue weighted by Gasteiger charge is -2.25. The molecular formula is C21H24N2O6S. The van der Waals surface area contributed by atoms with Gasteiger partial charge in [0.1, 0.15) is 17.3 Å². The standard InChI is InChI=1S/C21H24N2O6S/c1-2-27-18-10-9-15(13-20(18)30(25,26)23-11-5-6-12-23)22-21(24)19-14-28-16-7-3-4-8-17(16)29-19/h3-4,7-10,13,19H,2,5-6,11-12,14H2,1H3,(H,22,24). The van der Waals surface area contributed by atoms with Crippen LogP contribution in [0.5, 0.6) is 17.2 Å². The first-order chi connectivity index (χ1) is 14.5. The van der Waals surface area contributed by atoms with Gasteiger partial charge in [0, 0.05) is 18.8 Å². The third kappa shape index (κ3) is 4.08. The highest BCUT2D eigenvalue weighted by Crippen LogP contribution is 2.33. The van der Waals surface area contributed by atoms with Crippen molar-refractivity contribution in [3.63, 3.8) is 0 Å². The molecule has 1 N–H and O–H groups in total. The molecule has 2 aromatic carbocycles. The largest absolute Gasteiger partial charge is 0.492 e. The quantitative estimate of drug-likeness (QED) is 0.754. The molecule has 2 heterocycles. The maximum absolute atomic E-state index is 13.1. The fraction of sp³-hybridized carbons (Fsp3) is 0.381. The van der Waals surface area contributed by atoms with Gasteiger partial charge in [0.15, 0.2) is 11.5 Å². The number of nitrogens with one attached hydrogen (secondary N) is 1. The van der Waals surface area contributed by atoms with Crippen molar-refractivity contribution in [2.45, 2.75) is 30.8 Å².